The molecule has 0 heterocycles. The van der Waals surface area contributed by atoms with Crippen LogP contribution in [-0.4, -0.2) is 24.2 Å². The van der Waals surface area contributed by atoms with Gasteiger partial charge in [0, 0.05) is 11.3 Å². The van der Waals surface area contributed by atoms with Gasteiger partial charge in [-0.2, -0.15) is 0 Å². The predicted molar refractivity (Wildman–Crippen MR) is 113 cm³/mol. The first-order chi connectivity index (χ1) is 13.1. The maximum absolute atomic E-state index is 12.4. The van der Waals surface area contributed by atoms with Crippen molar-refractivity contribution in [2.45, 2.75) is 19.8 Å². The van der Waals surface area contributed by atoms with E-state index in [0.717, 1.165) is 24.3 Å². The van der Waals surface area contributed by atoms with E-state index in [2.05, 4.69) is 24.1 Å². The zero-order chi connectivity index (χ0) is 19.5. The highest BCUT2D eigenvalue weighted by molar-refractivity contribution is 7.80. The average Bonchev–Trinajstić information content (AvgIpc) is 2.68. The van der Waals surface area contributed by atoms with Gasteiger partial charge in [0.15, 0.2) is 5.11 Å². The van der Waals surface area contributed by atoms with Crippen LogP contribution < -0.4 is 20.1 Å². The van der Waals surface area contributed by atoms with E-state index >= 15 is 0 Å². The summed E-state index contributed by atoms with van der Waals surface area (Å²) in [6.45, 7) is 6.79. The summed E-state index contributed by atoms with van der Waals surface area (Å²) in [5.41, 5.74) is 1.24. The van der Waals surface area contributed by atoms with Crippen LogP contribution in [0.3, 0.4) is 0 Å². The largest absolute Gasteiger partial charge is 0.494 e. The minimum Gasteiger partial charge on any atom is -0.494 e. The van der Waals surface area contributed by atoms with Crippen LogP contribution in [0, 0.1) is 0 Å². The smallest absolute Gasteiger partial charge is 0.257 e. The third kappa shape index (κ3) is 7.11. The Balaban J connectivity index is 1.88. The van der Waals surface area contributed by atoms with Crippen molar-refractivity contribution in [2.75, 3.05) is 18.5 Å². The molecule has 6 heteroatoms. The quantitative estimate of drug-likeness (QED) is 0.377. The summed E-state index contributed by atoms with van der Waals surface area (Å²) in [5, 5.41) is 5.86. The topological polar surface area (TPSA) is 59.6 Å². The predicted octanol–water partition coefficient (Wildman–Crippen LogP) is 4.56. The molecule has 142 valence electrons. The zero-order valence-corrected chi connectivity index (χ0v) is 16.2. The normalized spacial score (nSPS) is 9.96. The van der Waals surface area contributed by atoms with E-state index in [0.29, 0.717) is 24.5 Å². The minimum atomic E-state index is -0.292. The second-order valence-corrected chi connectivity index (χ2v) is 6.17. The molecule has 0 aliphatic heterocycles. The van der Waals surface area contributed by atoms with Gasteiger partial charge in [0.05, 0.1) is 6.61 Å². The van der Waals surface area contributed by atoms with Crippen molar-refractivity contribution < 1.29 is 14.3 Å². The number of carbonyl (C=O) groups excluding carboxylic acids is 1. The maximum Gasteiger partial charge on any atom is 0.257 e. The van der Waals surface area contributed by atoms with Gasteiger partial charge in [0.1, 0.15) is 18.1 Å². The molecule has 0 saturated heterocycles. The number of hydrogen-bond acceptors (Lipinski definition) is 4. The van der Waals surface area contributed by atoms with Gasteiger partial charge in [-0.3, -0.25) is 10.1 Å². The Morgan fingerprint density at radius 1 is 1.15 bits per heavy atom. The summed E-state index contributed by atoms with van der Waals surface area (Å²) in [6.07, 6.45) is 3.71. The fourth-order valence-electron chi connectivity index (χ4n) is 2.19. The number of unbranched alkanes of at least 4 members (excludes halogenated alkanes) is 1. The molecule has 0 radical (unpaired) electrons. The highest BCUT2D eigenvalue weighted by Gasteiger charge is 2.09. The molecule has 0 fully saturated rings. The van der Waals surface area contributed by atoms with Crippen LogP contribution in [0.2, 0.25) is 0 Å². The second kappa shape index (κ2) is 11.0. The van der Waals surface area contributed by atoms with Gasteiger partial charge in [-0.25, -0.2) is 0 Å². The Hall–Kier alpha value is -2.86. The lowest BCUT2D eigenvalue weighted by molar-refractivity contribution is 0.0977. The van der Waals surface area contributed by atoms with Gasteiger partial charge in [-0.15, -0.1) is 0 Å². The van der Waals surface area contributed by atoms with E-state index < -0.39 is 0 Å². The standard InChI is InChI=1S/C21H24N2O3S/c1-3-5-14-26-19-8-6-7-16(15-19)20(24)23-21(27)22-17-9-11-18(12-10-17)25-13-4-2/h4,6-12,15H,2-3,5,13-14H2,1H3,(H2,22,23,24,27). The molecule has 0 unspecified atom stereocenters. The Morgan fingerprint density at radius 2 is 1.93 bits per heavy atom. The molecule has 0 aliphatic carbocycles. The number of amides is 1. The van der Waals surface area contributed by atoms with Crippen molar-refractivity contribution in [1.82, 2.24) is 5.32 Å². The van der Waals surface area contributed by atoms with E-state index in [1.54, 1.807) is 24.3 Å². The van der Waals surface area contributed by atoms with Gasteiger partial charge in [-0.1, -0.05) is 32.1 Å². The number of thiocarbonyl (C=S) groups is 1. The van der Waals surface area contributed by atoms with Crippen molar-refractivity contribution >= 4 is 28.9 Å². The van der Waals surface area contributed by atoms with Crippen LogP contribution in [0.4, 0.5) is 5.69 Å². The zero-order valence-electron chi connectivity index (χ0n) is 15.4. The van der Waals surface area contributed by atoms with Gasteiger partial charge in [-0.05, 0) is 61.1 Å². The fourth-order valence-corrected chi connectivity index (χ4v) is 2.40. The summed E-state index contributed by atoms with van der Waals surface area (Å²) in [6, 6.07) is 14.3. The average molecular weight is 385 g/mol. The highest BCUT2D eigenvalue weighted by Crippen LogP contribution is 2.16. The fraction of sp³-hybridized carbons (Fsp3) is 0.238. The molecule has 0 atom stereocenters. The molecule has 0 aromatic heterocycles. The monoisotopic (exact) mass is 384 g/mol. The summed E-state index contributed by atoms with van der Waals surface area (Å²) >= 11 is 5.21. The third-order valence-corrected chi connectivity index (χ3v) is 3.77. The lowest BCUT2D eigenvalue weighted by Crippen LogP contribution is -2.34. The molecule has 1 amide bonds. The molecule has 0 spiro atoms. The molecule has 0 aliphatic rings. The summed E-state index contributed by atoms with van der Waals surface area (Å²) in [5.74, 6) is 1.11. The number of ether oxygens (including phenoxy) is 2. The maximum atomic E-state index is 12.4. The van der Waals surface area contributed by atoms with E-state index in [1.165, 1.54) is 0 Å². The molecule has 2 rings (SSSR count). The molecular formula is C21H24N2O3S. The summed E-state index contributed by atoms with van der Waals surface area (Å²) in [4.78, 5) is 12.4. The molecule has 0 bridgehead atoms. The van der Waals surface area contributed by atoms with E-state index in [1.807, 2.05) is 30.3 Å². The van der Waals surface area contributed by atoms with E-state index in [9.17, 15) is 4.79 Å². The highest BCUT2D eigenvalue weighted by atomic mass is 32.1. The van der Waals surface area contributed by atoms with E-state index in [-0.39, 0.29) is 11.0 Å². The Morgan fingerprint density at radius 3 is 2.63 bits per heavy atom. The van der Waals surface area contributed by atoms with Crippen molar-refractivity contribution in [1.29, 1.82) is 0 Å². The molecule has 5 nitrogen and oxygen atoms in total. The number of carbonyl (C=O) groups is 1. The van der Waals surface area contributed by atoms with Crippen molar-refractivity contribution in [3.8, 4) is 11.5 Å². The number of nitrogens with one attached hydrogen (secondary N) is 2. The first-order valence-electron chi connectivity index (χ1n) is 8.81. The van der Waals surface area contributed by atoms with Crippen LogP contribution in [0.5, 0.6) is 11.5 Å². The Labute approximate surface area is 165 Å². The SMILES string of the molecule is C=CCOc1ccc(NC(=S)NC(=O)c2cccc(OCCCC)c2)cc1. The molecule has 2 aromatic rings. The lowest BCUT2D eigenvalue weighted by Gasteiger charge is -2.11. The van der Waals surface area contributed by atoms with Gasteiger partial charge in [0.25, 0.3) is 5.91 Å². The van der Waals surface area contributed by atoms with Crippen LogP contribution in [-0.2, 0) is 0 Å². The van der Waals surface area contributed by atoms with Gasteiger partial charge >= 0.3 is 0 Å². The van der Waals surface area contributed by atoms with Gasteiger partial charge < -0.3 is 14.8 Å². The third-order valence-electron chi connectivity index (χ3n) is 3.57. The van der Waals surface area contributed by atoms with Crippen LogP contribution >= 0.6 is 12.2 Å². The molecule has 2 N–H and O–H groups in total. The molecule has 27 heavy (non-hydrogen) atoms. The lowest BCUT2D eigenvalue weighted by atomic mass is 10.2. The number of rotatable bonds is 9. The van der Waals surface area contributed by atoms with Crippen LogP contribution in [0.25, 0.3) is 0 Å². The number of anilines is 1. The molecular weight excluding hydrogens is 360 g/mol. The first kappa shape index (κ1) is 20.5. The summed E-state index contributed by atoms with van der Waals surface area (Å²) in [7, 11) is 0. The molecule has 0 saturated carbocycles. The minimum absolute atomic E-state index is 0.220. The van der Waals surface area contributed by atoms with Crippen LogP contribution in [0.1, 0.15) is 30.1 Å². The van der Waals surface area contributed by atoms with Crippen molar-refractivity contribution in [3.05, 3.63) is 66.7 Å². The van der Waals surface area contributed by atoms with Crippen LogP contribution in [0.15, 0.2) is 61.2 Å². The Kier molecular flexibility index (Phi) is 8.32. The number of benzene rings is 2. The van der Waals surface area contributed by atoms with E-state index in [4.69, 9.17) is 21.7 Å². The number of hydrogen-bond donors (Lipinski definition) is 2. The first-order valence-corrected chi connectivity index (χ1v) is 9.22. The molecule has 2 aromatic carbocycles. The summed E-state index contributed by atoms with van der Waals surface area (Å²) < 4.78 is 11.1. The van der Waals surface area contributed by atoms with Crippen molar-refractivity contribution in [2.24, 2.45) is 0 Å². The van der Waals surface area contributed by atoms with Gasteiger partial charge in [0.2, 0.25) is 0 Å². The Bertz CT molecular complexity index is 775. The van der Waals surface area contributed by atoms with Crippen molar-refractivity contribution in [3.63, 3.8) is 0 Å². The second-order valence-electron chi connectivity index (χ2n) is 5.76.